The number of benzene rings is 3. The number of nitrogens with zero attached hydrogens (tertiary/aromatic N) is 4. The van der Waals surface area contributed by atoms with Crippen molar-refractivity contribution in [1.29, 1.82) is 0 Å². The number of pyridine rings is 1. The van der Waals surface area contributed by atoms with Gasteiger partial charge in [0.05, 0.1) is 70.2 Å². The van der Waals surface area contributed by atoms with Gasteiger partial charge in [0.2, 0.25) is 11.8 Å². The number of anilines is 1. The fourth-order valence-corrected chi connectivity index (χ4v) is 10.9. The number of nitrogens with one attached hydrogen (secondary N) is 1. The van der Waals surface area contributed by atoms with Gasteiger partial charge in [0.25, 0.3) is 11.8 Å². The van der Waals surface area contributed by atoms with Gasteiger partial charge in [-0.15, -0.1) is 0 Å². The predicted octanol–water partition coefficient (Wildman–Crippen LogP) is 7.63. The van der Waals surface area contributed by atoms with Crippen molar-refractivity contribution >= 4 is 46.8 Å². The Labute approximate surface area is 459 Å². The molecule has 1 unspecified atom stereocenters. The van der Waals surface area contributed by atoms with Gasteiger partial charge in [-0.1, -0.05) is 50.8 Å². The van der Waals surface area contributed by atoms with Crippen LogP contribution in [-0.4, -0.2) is 128 Å². The molecule has 1 spiro atoms. The van der Waals surface area contributed by atoms with Gasteiger partial charge in [0.1, 0.15) is 13.2 Å². The third-order valence-electron chi connectivity index (χ3n) is 15.7. The molecule has 1 saturated heterocycles. The molecule has 19 nitrogen and oxygen atoms in total. The first-order valence-corrected chi connectivity index (χ1v) is 26.9. The van der Waals surface area contributed by atoms with Crippen molar-refractivity contribution in [1.82, 2.24) is 20.1 Å². The summed E-state index contributed by atoms with van der Waals surface area (Å²) in [6, 6.07) is 15.8. The van der Waals surface area contributed by atoms with Crippen LogP contribution in [0.1, 0.15) is 109 Å². The Morgan fingerprint density at radius 3 is 2.20 bits per heavy atom. The average Bonchev–Trinajstić information content (AvgIpc) is 4.13. The topological polar surface area (TPSA) is 222 Å². The summed E-state index contributed by atoms with van der Waals surface area (Å²) >= 11 is 0. The van der Waals surface area contributed by atoms with Gasteiger partial charge in [0.15, 0.2) is 35.0 Å². The Hall–Kier alpha value is -7.93. The Morgan fingerprint density at radius 1 is 0.861 bits per heavy atom. The molecule has 19 heteroatoms. The molecule has 1 aliphatic carbocycles. The number of amides is 4. The normalized spacial score (nSPS) is 19.4. The summed E-state index contributed by atoms with van der Waals surface area (Å²) in [5.74, 6) is -0.576. The highest BCUT2D eigenvalue weighted by molar-refractivity contribution is 6.06. The molecule has 4 amide bonds. The molecule has 5 aliphatic rings. The molecule has 3 aromatic carbocycles. The second-order valence-electron chi connectivity index (χ2n) is 21.3. The van der Waals surface area contributed by atoms with Crippen LogP contribution in [0.15, 0.2) is 85.7 Å². The van der Waals surface area contributed by atoms with E-state index in [1.54, 1.807) is 55.5 Å². The zero-order chi connectivity index (χ0) is 56.1. The highest BCUT2D eigenvalue weighted by Crippen LogP contribution is 2.57. The SMILES string of the molecule is C=CCOC(=O)C[C@H](C(=O)N[C@@H](C)C(=O)Cc1ccc(COC(=O)N2c3cc(OCCCOc4cc5c(cc4OC)C(=O)N4C=C(c6ccc(OC)nc6)C[C@H]4CC5)c(OC)cc3C(=O)N3CC4(CC4)C[C@H]3C2O)cc1)C(C)C. The van der Waals surface area contributed by atoms with Crippen LogP contribution in [0.25, 0.3) is 5.57 Å². The highest BCUT2D eigenvalue weighted by Gasteiger charge is 2.58. The summed E-state index contributed by atoms with van der Waals surface area (Å²) in [6.07, 6.45) is 7.57. The van der Waals surface area contributed by atoms with Gasteiger partial charge in [-0.3, -0.25) is 24.0 Å². The van der Waals surface area contributed by atoms with Gasteiger partial charge >= 0.3 is 12.1 Å². The lowest BCUT2D eigenvalue weighted by atomic mass is 9.91. The molecule has 9 rings (SSSR count). The molecule has 4 aromatic rings. The predicted molar refractivity (Wildman–Crippen MR) is 290 cm³/mol. The van der Waals surface area contributed by atoms with Crippen molar-refractivity contribution in [2.24, 2.45) is 17.3 Å². The molecule has 5 heterocycles. The van der Waals surface area contributed by atoms with Crippen molar-refractivity contribution in [3.8, 4) is 28.9 Å². The fourth-order valence-electron chi connectivity index (χ4n) is 10.9. The van der Waals surface area contributed by atoms with E-state index in [2.05, 4.69) is 16.9 Å². The number of Topliss-reactive ketones (excluding diaryl/α,β-unsaturated/α-hetero) is 1. The van der Waals surface area contributed by atoms with Gasteiger partial charge in [0, 0.05) is 55.5 Å². The van der Waals surface area contributed by atoms with Crippen molar-refractivity contribution < 1.29 is 67.0 Å². The summed E-state index contributed by atoms with van der Waals surface area (Å²) in [4.78, 5) is 90.3. The van der Waals surface area contributed by atoms with Crippen molar-refractivity contribution in [2.45, 2.75) is 110 Å². The van der Waals surface area contributed by atoms with Crippen LogP contribution in [0.3, 0.4) is 0 Å². The first kappa shape index (κ1) is 55.8. The van der Waals surface area contributed by atoms with E-state index >= 15 is 0 Å². The Bertz CT molecular complexity index is 3010. The van der Waals surface area contributed by atoms with Crippen molar-refractivity contribution in [3.63, 3.8) is 0 Å². The number of aryl methyl sites for hydroxylation is 1. The Balaban J connectivity index is 0.837. The fraction of sp³-hybridized carbons (Fsp3) is 0.450. The number of methoxy groups -OCH3 is 3. The van der Waals surface area contributed by atoms with Crippen molar-refractivity contribution in [2.75, 3.05) is 52.6 Å². The van der Waals surface area contributed by atoms with Gasteiger partial charge < -0.3 is 53.4 Å². The number of aliphatic hydroxyl groups is 1. The second kappa shape index (κ2) is 24.0. The van der Waals surface area contributed by atoms with E-state index in [1.165, 1.54) is 32.4 Å². The molecule has 1 saturated carbocycles. The molecule has 4 aliphatic heterocycles. The summed E-state index contributed by atoms with van der Waals surface area (Å²) in [6.45, 7) is 9.43. The number of rotatable bonds is 22. The smallest absolute Gasteiger partial charge is 0.416 e. The van der Waals surface area contributed by atoms with Crippen molar-refractivity contribution in [3.05, 3.63) is 119 Å². The lowest BCUT2D eigenvalue weighted by molar-refractivity contribution is -0.146. The highest BCUT2D eigenvalue weighted by atomic mass is 16.6. The summed E-state index contributed by atoms with van der Waals surface area (Å²) in [5.41, 5.74) is 4.81. The molecule has 5 atom stereocenters. The molecule has 2 fully saturated rings. The number of ketones is 1. The molecule has 79 heavy (non-hydrogen) atoms. The van der Waals surface area contributed by atoms with E-state index in [9.17, 15) is 33.9 Å². The maximum atomic E-state index is 14.4. The summed E-state index contributed by atoms with van der Waals surface area (Å²) in [5, 5.41) is 14.9. The lowest BCUT2D eigenvalue weighted by Gasteiger charge is -2.31. The Kier molecular flexibility index (Phi) is 16.9. The largest absolute Gasteiger partial charge is 0.493 e. The Morgan fingerprint density at radius 2 is 1.56 bits per heavy atom. The zero-order valence-electron chi connectivity index (χ0n) is 45.6. The molecule has 418 valence electrons. The van der Waals surface area contributed by atoms with Crippen LogP contribution in [-0.2, 0) is 43.3 Å². The maximum absolute atomic E-state index is 14.4. The molecule has 1 aromatic heterocycles. The van der Waals surface area contributed by atoms with E-state index < -0.39 is 42.2 Å². The number of fused-ring (bicyclic) bond motifs is 4. The second-order valence-corrected chi connectivity index (χ2v) is 21.3. The minimum absolute atomic E-state index is 0.00443. The van der Waals surface area contributed by atoms with Gasteiger partial charge in [-0.25, -0.2) is 14.7 Å². The molecule has 2 N–H and O–H groups in total. The molecule has 0 radical (unpaired) electrons. The number of esters is 1. The molecular formula is C60H69N5O14. The van der Waals surface area contributed by atoms with E-state index in [4.69, 9.17) is 33.2 Å². The minimum atomic E-state index is -1.45. The number of aliphatic hydroxyl groups excluding tert-OH is 1. The summed E-state index contributed by atoms with van der Waals surface area (Å²) < 4.78 is 40.2. The summed E-state index contributed by atoms with van der Waals surface area (Å²) in [7, 11) is 4.56. The van der Waals surface area contributed by atoms with E-state index in [0.29, 0.717) is 66.3 Å². The first-order valence-electron chi connectivity index (χ1n) is 26.9. The van der Waals surface area contributed by atoms with Crippen LogP contribution in [0.2, 0.25) is 0 Å². The van der Waals surface area contributed by atoms with Crippen LogP contribution >= 0.6 is 0 Å². The zero-order valence-corrected chi connectivity index (χ0v) is 45.6. The molecular weight excluding hydrogens is 1010 g/mol. The van der Waals surface area contributed by atoms with Crippen LogP contribution in [0, 0.1) is 17.3 Å². The first-order chi connectivity index (χ1) is 38.0. The number of hydrogen-bond donors (Lipinski definition) is 2. The standard InChI is InChI=1S/C60H69N5O14/c1-8-20-78-54(67)28-43(35(2)3)55(68)62-36(4)48(66)23-37-10-12-38(13-11-37)33-79-59(72)65-46-29-52(50(74-6)27-45(46)57(70)64-34-60(18-19-60)30-47(64)58(65)71)77-22-9-21-76-51-25-39-14-16-42-24-41(40-15-17-53(75-7)61-31-40)32-63(42)56(69)44(39)26-49(51)73-5/h8,10-13,15,17,25-27,29,31-32,35-36,42-43,47,58,71H,1,9,14,16,18-24,28,30,33-34H2,2-7H3,(H,62,68)/t36-,42+,43-,47-,58?/m0/s1. The van der Waals surface area contributed by atoms with Gasteiger partial charge in [-0.05, 0) is 109 Å². The van der Waals surface area contributed by atoms with Crippen LogP contribution < -0.4 is 33.9 Å². The third kappa shape index (κ3) is 12.2. The van der Waals surface area contributed by atoms with Crippen LogP contribution in [0.5, 0.6) is 28.9 Å². The van der Waals surface area contributed by atoms with E-state index in [1.807, 2.05) is 43.1 Å². The number of carbonyl (C=O) groups excluding carboxylic acids is 6. The average molecular weight is 1080 g/mol. The molecule has 0 bridgehead atoms. The quantitative estimate of drug-likeness (QED) is 0.0439. The van der Waals surface area contributed by atoms with E-state index in [0.717, 1.165) is 40.9 Å². The third-order valence-corrected chi connectivity index (χ3v) is 15.7. The maximum Gasteiger partial charge on any atom is 0.416 e. The van der Waals surface area contributed by atoms with Crippen LogP contribution in [0.4, 0.5) is 10.5 Å². The number of carbonyl (C=O) groups is 6. The number of hydrogen-bond acceptors (Lipinski definition) is 15. The lowest BCUT2D eigenvalue weighted by Crippen LogP contribution is -2.50. The minimum Gasteiger partial charge on any atom is -0.493 e. The number of aromatic nitrogens is 1. The van der Waals surface area contributed by atoms with Gasteiger partial charge in [-0.2, -0.15) is 0 Å². The van der Waals surface area contributed by atoms with E-state index in [-0.39, 0.29) is 97.0 Å². The number of ether oxygens (including phenoxy) is 7. The monoisotopic (exact) mass is 1080 g/mol.